The number of nitrogens with zero attached hydrogens (tertiary/aromatic N) is 7. The van der Waals surface area contributed by atoms with Crippen molar-refractivity contribution in [2.75, 3.05) is 38.1 Å². The average Bonchev–Trinajstić information content (AvgIpc) is 3.15. The fourth-order valence-corrected chi connectivity index (χ4v) is 4.85. The number of nitrogens with two attached hydrogens (primary N) is 1. The third-order valence-corrected chi connectivity index (χ3v) is 6.97. The van der Waals surface area contributed by atoms with Crippen LogP contribution in [0, 0.1) is 5.92 Å². The zero-order valence-electron chi connectivity index (χ0n) is 18.6. The summed E-state index contributed by atoms with van der Waals surface area (Å²) >= 11 is 0. The number of pyridine rings is 1. The minimum absolute atomic E-state index is 0.0705. The molecule has 9 nitrogen and oxygen atoms in total. The Hall–Kier alpha value is -3.04. The molecule has 1 aliphatic carbocycles. The smallest absolute Gasteiger partial charge is 0.221 e. The van der Waals surface area contributed by atoms with E-state index >= 15 is 0 Å². The van der Waals surface area contributed by atoms with E-state index in [4.69, 9.17) is 5.73 Å². The molecule has 5 rings (SSSR count). The van der Waals surface area contributed by atoms with Crippen LogP contribution >= 0.6 is 0 Å². The first-order valence-electron chi connectivity index (χ1n) is 11.2. The Kier molecular flexibility index (Phi) is 5.30. The monoisotopic (exact) mass is 434 g/mol. The SMILES string of the molecule is CC1CCc2nn(-c3ccccn3)c(O)c2C1(N)Cc1cc(N2CCN(C)CC2)ncn1. The van der Waals surface area contributed by atoms with E-state index in [9.17, 15) is 5.11 Å². The van der Waals surface area contributed by atoms with Crippen molar-refractivity contribution in [2.24, 2.45) is 11.7 Å². The van der Waals surface area contributed by atoms with E-state index < -0.39 is 5.54 Å². The van der Waals surface area contributed by atoms with E-state index in [-0.39, 0.29) is 11.8 Å². The van der Waals surface area contributed by atoms with E-state index in [1.165, 1.54) is 4.68 Å². The first kappa shape index (κ1) is 20.8. The summed E-state index contributed by atoms with van der Waals surface area (Å²) in [5.74, 6) is 1.74. The summed E-state index contributed by atoms with van der Waals surface area (Å²) in [6, 6.07) is 7.58. The van der Waals surface area contributed by atoms with Crippen molar-refractivity contribution < 1.29 is 5.11 Å². The predicted molar refractivity (Wildman–Crippen MR) is 122 cm³/mol. The van der Waals surface area contributed by atoms with Gasteiger partial charge in [0.15, 0.2) is 5.82 Å². The maximum Gasteiger partial charge on any atom is 0.221 e. The molecule has 0 aromatic carbocycles. The van der Waals surface area contributed by atoms with Crippen LogP contribution in [-0.4, -0.2) is 68.0 Å². The average molecular weight is 435 g/mol. The van der Waals surface area contributed by atoms with Gasteiger partial charge in [-0.15, -0.1) is 0 Å². The minimum atomic E-state index is -0.779. The number of rotatable bonds is 4. The quantitative estimate of drug-likeness (QED) is 0.636. The van der Waals surface area contributed by atoms with Gasteiger partial charge in [0.1, 0.15) is 12.1 Å². The van der Waals surface area contributed by atoms with Gasteiger partial charge < -0.3 is 20.6 Å². The lowest BCUT2D eigenvalue weighted by molar-refractivity contribution is 0.246. The molecule has 2 unspecified atom stereocenters. The van der Waals surface area contributed by atoms with E-state index in [0.717, 1.165) is 56.2 Å². The summed E-state index contributed by atoms with van der Waals surface area (Å²) in [5, 5.41) is 15.8. The van der Waals surface area contributed by atoms with Gasteiger partial charge in [-0.05, 0) is 37.9 Å². The second kappa shape index (κ2) is 8.14. The molecule has 0 spiro atoms. The molecule has 3 N–H and O–H groups in total. The van der Waals surface area contributed by atoms with Crippen molar-refractivity contribution in [1.29, 1.82) is 0 Å². The largest absolute Gasteiger partial charge is 0.493 e. The van der Waals surface area contributed by atoms with Crippen LogP contribution in [0.3, 0.4) is 0 Å². The van der Waals surface area contributed by atoms with Crippen molar-refractivity contribution in [2.45, 2.75) is 31.7 Å². The Bertz CT molecular complexity index is 1090. The maximum absolute atomic E-state index is 11.2. The van der Waals surface area contributed by atoms with Gasteiger partial charge in [-0.2, -0.15) is 9.78 Å². The lowest BCUT2D eigenvalue weighted by Crippen LogP contribution is -2.48. The van der Waals surface area contributed by atoms with Crippen molar-refractivity contribution in [3.63, 3.8) is 0 Å². The van der Waals surface area contributed by atoms with Crippen LogP contribution in [0.25, 0.3) is 5.82 Å². The second-order valence-electron chi connectivity index (χ2n) is 9.06. The standard InChI is InChI=1S/C23H30N8O/c1-16-6-7-18-21(22(32)31(28-18)19-5-3-4-8-25-19)23(16,24)14-17-13-20(27-15-26-17)30-11-9-29(2)10-12-30/h3-5,8,13,15-16,32H,6-7,9-12,14,24H2,1-2H3. The van der Waals surface area contributed by atoms with Crippen LogP contribution in [0.5, 0.6) is 5.88 Å². The van der Waals surface area contributed by atoms with Crippen LogP contribution in [0.1, 0.15) is 30.3 Å². The van der Waals surface area contributed by atoms with Crippen molar-refractivity contribution >= 4 is 5.82 Å². The molecule has 4 heterocycles. The molecule has 1 aliphatic heterocycles. The number of hydrogen-bond acceptors (Lipinski definition) is 8. The highest BCUT2D eigenvalue weighted by molar-refractivity contribution is 5.46. The molecule has 3 aromatic heterocycles. The molecule has 0 radical (unpaired) electrons. The zero-order valence-corrected chi connectivity index (χ0v) is 18.6. The minimum Gasteiger partial charge on any atom is -0.493 e. The fraction of sp³-hybridized carbons (Fsp3) is 0.478. The first-order chi connectivity index (χ1) is 15.5. The number of anilines is 1. The van der Waals surface area contributed by atoms with Crippen LogP contribution in [-0.2, 0) is 18.4 Å². The molecule has 9 heteroatoms. The number of aryl methyl sites for hydroxylation is 1. The Balaban J connectivity index is 1.48. The normalized spacial score (nSPS) is 23.8. The van der Waals surface area contributed by atoms with Gasteiger partial charge in [0.2, 0.25) is 5.88 Å². The molecule has 0 saturated carbocycles. The highest BCUT2D eigenvalue weighted by Crippen LogP contribution is 2.44. The summed E-state index contributed by atoms with van der Waals surface area (Å²) in [5.41, 5.74) is 8.71. The van der Waals surface area contributed by atoms with Gasteiger partial charge >= 0.3 is 0 Å². The Morgan fingerprint density at radius 2 is 1.94 bits per heavy atom. The lowest BCUT2D eigenvalue weighted by atomic mass is 9.70. The Morgan fingerprint density at radius 3 is 2.69 bits per heavy atom. The highest BCUT2D eigenvalue weighted by Gasteiger charge is 2.44. The molecule has 1 fully saturated rings. The molecule has 32 heavy (non-hydrogen) atoms. The van der Waals surface area contributed by atoms with E-state index in [0.29, 0.717) is 17.8 Å². The number of fused-ring (bicyclic) bond motifs is 1. The molecular formula is C23H30N8O. The van der Waals surface area contributed by atoms with Gasteiger partial charge in [-0.3, -0.25) is 0 Å². The maximum atomic E-state index is 11.2. The van der Waals surface area contributed by atoms with Crippen LogP contribution in [0.15, 0.2) is 36.8 Å². The van der Waals surface area contributed by atoms with E-state index in [2.05, 4.69) is 43.8 Å². The van der Waals surface area contributed by atoms with E-state index in [1.807, 2.05) is 24.3 Å². The number of aromatic hydroxyl groups is 1. The topological polar surface area (TPSA) is 109 Å². The zero-order chi connectivity index (χ0) is 22.3. The summed E-state index contributed by atoms with van der Waals surface area (Å²) in [7, 11) is 2.14. The summed E-state index contributed by atoms with van der Waals surface area (Å²) in [6.45, 7) is 6.06. The molecule has 2 atom stereocenters. The van der Waals surface area contributed by atoms with Gasteiger partial charge in [-0.25, -0.2) is 15.0 Å². The number of piperazine rings is 1. The van der Waals surface area contributed by atoms with Crippen molar-refractivity contribution in [3.05, 3.63) is 53.7 Å². The van der Waals surface area contributed by atoms with Crippen LogP contribution in [0.4, 0.5) is 5.82 Å². The second-order valence-corrected chi connectivity index (χ2v) is 9.06. The van der Waals surface area contributed by atoms with Crippen molar-refractivity contribution in [1.82, 2.24) is 29.6 Å². The number of likely N-dealkylation sites (N-methyl/N-ethyl adjacent to an activating group) is 1. The third-order valence-electron chi connectivity index (χ3n) is 6.97. The molecular weight excluding hydrogens is 404 g/mol. The third kappa shape index (κ3) is 3.61. The lowest BCUT2D eigenvalue weighted by Gasteiger charge is -2.39. The Morgan fingerprint density at radius 1 is 1.12 bits per heavy atom. The first-order valence-corrected chi connectivity index (χ1v) is 11.2. The number of hydrogen-bond donors (Lipinski definition) is 2. The Labute approximate surface area is 187 Å². The van der Waals surface area contributed by atoms with Crippen molar-refractivity contribution in [3.8, 4) is 11.7 Å². The van der Waals surface area contributed by atoms with Crippen LogP contribution in [0.2, 0.25) is 0 Å². The van der Waals surface area contributed by atoms with Crippen LogP contribution < -0.4 is 10.6 Å². The molecule has 3 aromatic rings. The number of aromatic nitrogens is 5. The fourth-order valence-electron chi connectivity index (χ4n) is 4.85. The summed E-state index contributed by atoms with van der Waals surface area (Å²) in [4.78, 5) is 18.0. The van der Waals surface area contributed by atoms with Gasteiger partial charge in [0.25, 0.3) is 0 Å². The summed E-state index contributed by atoms with van der Waals surface area (Å²) < 4.78 is 1.50. The molecule has 168 valence electrons. The van der Waals surface area contributed by atoms with Gasteiger partial charge in [0.05, 0.1) is 16.8 Å². The van der Waals surface area contributed by atoms with Gasteiger partial charge in [0, 0.05) is 50.6 Å². The molecule has 2 aliphatic rings. The summed E-state index contributed by atoms with van der Waals surface area (Å²) in [6.07, 6.45) is 5.50. The molecule has 0 bridgehead atoms. The molecule has 0 amide bonds. The van der Waals surface area contributed by atoms with Gasteiger partial charge in [-0.1, -0.05) is 13.0 Å². The molecule has 1 saturated heterocycles. The predicted octanol–water partition coefficient (Wildman–Crippen LogP) is 1.49. The highest BCUT2D eigenvalue weighted by atomic mass is 16.3. The van der Waals surface area contributed by atoms with E-state index in [1.54, 1.807) is 12.5 Å².